The zero-order valence-corrected chi connectivity index (χ0v) is 20.4. The molecule has 0 N–H and O–H groups in total. The van der Waals surface area contributed by atoms with Crippen molar-refractivity contribution >= 4 is 5.91 Å². The molecule has 8 heteroatoms. The zero-order valence-electron chi connectivity index (χ0n) is 20.4. The molecule has 5 rings (SSSR count). The van der Waals surface area contributed by atoms with Crippen molar-refractivity contribution in [1.29, 1.82) is 0 Å². The van der Waals surface area contributed by atoms with E-state index in [1.807, 2.05) is 24.1 Å². The van der Waals surface area contributed by atoms with Crippen molar-refractivity contribution in [2.75, 3.05) is 33.3 Å². The van der Waals surface area contributed by atoms with Crippen LogP contribution < -0.4 is 4.74 Å². The van der Waals surface area contributed by atoms with Gasteiger partial charge in [0.1, 0.15) is 5.75 Å². The second-order valence-corrected chi connectivity index (χ2v) is 9.04. The molecule has 1 aliphatic carbocycles. The summed E-state index contributed by atoms with van der Waals surface area (Å²) >= 11 is 0. The monoisotopic (exact) mass is 460 g/mol. The number of ether oxygens (including phenoxy) is 1. The van der Waals surface area contributed by atoms with Crippen molar-refractivity contribution in [3.8, 4) is 23.0 Å². The Balaban J connectivity index is 1.41. The number of carbonyl (C=O) groups excluding carboxylic acids is 1. The number of benzene rings is 1. The average Bonchev–Trinajstić information content (AvgIpc) is 3.51. The fourth-order valence-corrected chi connectivity index (χ4v) is 5.28. The molecule has 0 spiro atoms. The Labute approximate surface area is 200 Å². The van der Waals surface area contributed by atoms with Crippen LogP contribution in [0.3, 0.4) is 0 Å². The average molecular weight is 461 g/mol. The first-order chi connectivity index (χ1) is 16.5. The lowest BCUT2D eigenvalue weighted by atomic mass is 9.90. The minimum atomic E-state index is 0.0359. The summed E-state index contributed by atoms with van der Waals surface area (Å²) in [6, 6.07) is 6.54. The summed E-state index contributed by atoms with van der Waals surface area (Å²) in [7, 11) is 1.68. The highest BCUT2D eigenvalue weighted by molar-refractivity contribution is 5.95. The molecule has 0 radical (unpaired) electrons. The number of methoxy groups -OCH3 is 1. The molecule has 1 fully saturated rings. The van der Waals surface area contributed by atoms with E-state index in [0.717, 1.165) is 73.7 Å². The predicted molar refractivity (Wildman–Crippen MR) is 131 cm³/mol. The molecule has 1 atom stereocenters. The largest absolute Gasteiger partial charge is 0.497 e. The third-order valence-electron chi connectivity index (χ3n) is 7.29. The topological polar surface area (TPSA) is 76.4 Å². The molecule has 8 nitrogen and oxygen atoms in total. The van der Waals surface area contributed by atoms with Crippen LogP contribution in [0, 0.1) is 6.92 Å². The Morgan fingerprint density at radius 2 is 1.97 bits per heavy atom. The molecular formula is C26H32N6O2. The van der Waals surface area contributed by atoms with Gasteiger partial charge in [-0.2, -0.15) is 5.10 Å². The minimum Gasteiger partial charge on any atom is -0.497 e. The lowest BCUT2D eigenvalue weighted by molar-refractivity contribution is 0.0777. The number of likely N-dealkylation sites (N-methyl/N-ethyl adjacent to an activating group) is 1. The van der Waals surface area contributed by atoms with Gasteiger partial charge in [0.2, 0.25) is 0 Å². The van der Waals surface area contributed by atoms with Gasteiger partial charge in [0, 0.05) is 30.9 Å². The van der Waals surface area contributed by atoms with E-state index in [0.29, 0.717) is 17.6 Å². The van der Waals surface area contributed by atoms with Gasteiger partial charge in [-0.25, -0.2) is 14.6 Å². The van der Waals surface area contributed by atoms with Crippen molar-refractivity contribution < 1.29 is 9.53 Å². The maximum atomic E-state index is 13.3. The molecular weight excluding hydrogens is 428 g/mol. The molecule has 1 aromatic carbocycles. The number of hydrogen-bond donors (Lipinski definition) is 0. The molecule has 1 amide bonds. The van der Waals surface area contributed by atoms with Crippen LogP contribution in [0.4, 0.5) is 0 Å². The number of carbonyl (C=O) groups is 1. The van der Waals surface area contributed by atoms with E-state index in [1.54, 1.807) is 18.0 Å². The van der Waals surface area contributed by atoms with Crippen LogP contribution in [0.15, 0.2) is 30.6 Å². The Morgan fingerprint density at radius 3 is 2.74 bits per heavy atom. The van der Waals surface area contributed by atoms with Gasteiger partial charge in [0.25, 0.3) is 11.9 Å². The molecule has 3 aromatic rings. The summed E-state index contributed by atoms with van der Waals surface area (Å²) in [5, 5.41) is 4.51. The van der Waals surface area contributed by atoms with Crippen molar-refractivity contribution in [2.24, 2.45) is 0 Å². The smallest absolute Gasteiger partial charge is 0.257 e. The summed E-state index contributed by atoms with van der Waals surface area (Å²) in [5.74, 6) is 1.38. The summed E-state index contributed by atoms with van der Waals surface area (Å²) in [5.41, 5.74) is 5.77. The van der Waals surface area contributed by atoms with E-state index >= 15 is 0 Å². The SMILES string of the molecule is CCN(CC)[C@@H]1CCN(C(=O)c2cnn(-c3ncc4c(n3)-c3ccc(OC)cc3CC4)c2C)C1. The summed E-state index contributed by atoms with van der Waals surface area (Å²) in [6.07, 6.45) is 6.39. The first-order valence-corrected chi connectivity index (χ1v) is 12.2. The lowest BCUT2D eigenvalue weighted by Gasteiger charge is -2.26. The van der Waals surface area contributed by atoms with Gasteiger partial charge in [-0.3, -0.25) is 9.69 Å². The van der Waals surface area contributed by atoms with Crippen LogP contribution >= 0.6 is 0 Å². The third-order valence-corrected chi connectivity index (χ3v) is 7.29. The molecule has 1 saturated heterocycles. The van der Waals surface area contributed by atoms with Gasteiger partial charge >= 0.3 is 0 Å². The molecule has 0 bridgehead atoms. The van der Waals surface area contributed by atoms with Crippen molar-refractivity contribution in [3.05, 3.63) is 53.0 Å². The molecule has 0 unspecified atom stereocenters. The molecule has 0 saturated carbocycles. The number of amides is 1. The Morgan fingerprint density at radius 1 is 1.18 bits per heavy atom. The molecule has 34 heavy (non-hydrogen) atoms. The van der Waals surface area contributed by atoms with Gasteiger partial charge in [-0.15, -0.1) is 0 Å². The number of aryl methyl sites for hydroxylation is 2. The van der Waals surface area contributed by atoms with Crippen LogP contribution in [-0.4, -0.2) is 74.8 Å². The van der Waals surface area contributed by atoms with Crippen LogP contribution in [0.5, 0.6) is 5.75 Å². The summed E-state index contributed by atoms with van der Waals surface area (Å²) in [4.78, 5) is 27.2. The number of hydrogen-bond acceptors (Lipinski definition) is 6. The standard InChI is InChI=1S/C26H32N6O2/c1-5-30(6-2)20-11-12-31(16-20)25(33)23-15-28-32(17(23)3)26-27-14-19-8-7-18-13-21(34-4)9-10-22(18)24(19)29-26/h9-10,13-15,20H,5-8,11-12,16H2,1-4H3/t20-/m1/s1. The molecule has 1 aliphatic heterocycles. The number of fused-ring (bicyclic) bond motifs is 3. The van der Waals surface area contributed by atoms with Crippen LogP contribution in [0.25, 0.3) is 17.2 Å². The Bertz CT molecular complexity index is 1220. The molecule has 178 valence electrons. The summed E-state index contributed by atoms with van der Waals surface area (Å²) in [6.45, 7) is 9.82. The highest BCUT2D eigenvalue weighted by Crippen LogP contribution is 2.34. The van der Waals surface area contributed by atoms with E-state index in [1.165, 1.54) is 5.56 Å². The first-order valence-electron chi connectivity index (χ1n) is 12.2. The van der Waals surface area contributed by atoms with E-state index in [9.17, 15) is 4.79 Å². The van der Waals surface area contributed by atoms with Crippen molar-refractivity contribution in [3.63, 3.8) is 0 Å². The first kappa shape index (κ1) is 22.5. The van der Waals surface area contributed by atoms with Gasteiger partial charge in [-0.1, -0.05) is 13.8 Å². The van der Waals surface area contributed by atoms with E-state index in [2.05, 4.69) is 41.0 Å². The second-order valence-electron chi connectivity index (χ2n) is 9.04. The summed E-state index contributed by atoms with van der Waals surface area (Å²) < 4.78 is 7.08. The fourth-order valence-electron chi connectivity index (χ4n) is 5.28. The van der Waals surface area contributed by atoms with E-state index in [-0.39, 0.29) is 5.91 Å². The van der Waals surface area contributed by atoms with Gasteiger partial charge in [0.15, 0.2) is 0 Å². The minimum absolute atomic E-state index is 0.0359. The highest BCUT2D eigenvalue weighted by atomic mass is 16.5. The van der Waals surface area contributed by atoms with Crippen LogP contribution in [-0.2, 0) is 12.8 Å². The molecule has 2 aliphatic rings. The van der Waals surface area contributed by atoms with E-state index < -0.39 is 0 Å². The number of rotatable bonds is 6. The number of nitrogens with zero attached hydrogens (tertiary/aromatic N) is 6. The highest BCUT2D eigenvalue weighted by Gasteiger charge is 2.31. The van der Waals surface area contributed by atoms with Gasteiger partial charge in [-0.05, 0) is 68.6 Å². The van der Waals surface area contributed by atoms with Gasteiger partial charge < -0.3 is 9.64 Å². The Hall–Kier alpha value is -3.26. The fraction of sp³-hybridized carbons (Fsp3) is 0.462. The molecule has 2 aromatic heterocycles. The predicted octanol–water partition coefficient (Wildman–Crippen LogP) is 3.30. The maximum Gasteiger partial charge on any atom is 0.257 e. The third kappa shape index (κ3) is 3.86. The Kier molecular flexibility index (Phi) is 6.08. The second kappa shape index (κ2) is 9.18. The van der Waals surface area contributed by atoms with Crippen LogP contribution in [0.1, 0.15) is 47.4 Å². The quantitative estimate of drug-likeness (QED) is 0.562. The normalized spacial score (nSPS) is 17.1. The van der Waals surface area contributed by atoms with E-state index in [4.69, 9.17) is 9.72 Å². The van der Waals surface area contributed by atoms with Gasteiger partial charge in [0.05, 0.1) is 30.3 Å². The van der Waals surface area contributed by atoms with Crippen molar-refractivity contribution in [2.45, 2.75) is 46.1 Å². The number of aromatic nitrogens is 4. The lowest BCUT2D eigenvalue weighted by Crippen LogP contribution is -2.38. The maximum absolute atomic E-state index is 13.3. The van der Waals surface area contributed by atoms with Crippen LogP contribution in [0.2, 0.25) is 0 Å². The number of likely N-dealkylation sites (tertiary alicyclic amines) is 1. The zero-order chi connectivity index (χ0) is 23.8. The molecule has 3 heterocycles. The van der Waals surface area contributed by atoms with Crippen molar-refractivity contribution in [1.82, 2.24) is 29.5 Å².